The first-order valence-corrected chi connectivity index (χ1v) is 17.5. The van der Waals surface area contributed by atoms with Crippen molar-refractivity contribution in [3.63, 3.8) is 0 Å². The van der Waals surface area contributed by atoms with E-state index in [0.29, 0.717) is 42.6 Å². The van der Waals surface area contributed by atoms with E-state index in [2.05, 4.69) is 28.8 Å². The number of carbonyl (C=O) groups is 1. The van der Waals surface area contributed by atoms with E-state index in [4.69, 9.17) is 9.47 Å². The highest BCUT2D eigenvalue weighted by atomic mass is 16.5. The highest BCUT2D eigenvalue weighted by Crippen LogP contribution is 2.54. The van der Waals surface area contributed by atoms with Crippen LogP contribution in [0.25, 0.3) is 11.1 Å². The maximum atomic E-state index is 13.4. The van der Waals surface area contributed by atoms with E-state index >= 15 is 0 Å². The molecule has 3 fully saturated rings. The number of carbonyl (C=O) groups excluding carboxylic acids is 1. The molecule has 0 bridgehead atoms. The number of fused-ring (bicyclic) bond motifs is 5. The second-order valence-corrected chi connectivity index (χ2v) is 14.2. The number of ether oxygens (including phenoxy) is 2. The summed E-state index contributed by atoms with van der Waals surface area (Å²) in [6.45, 7) is 1.80. The lowest BCUT2D eigenvalue weighted by Crippen LogP contribution is -2.58. The van der Waals surface area contributed by atoms with Crippen molar-refractivity contribution in [3.8, 4) is 34.8 Å². The van der Waals surface area contributed by atoms with E-state index in [9.17, 15) is 40.5 Å². The standard InChI is InChI=1S/C39H43N3O10/c1-21-31(19-43)51-29(34(46)33(21)45)9-5-22-3-7-25-26-8-4-23(6-10-30-35(47)37(49)36(48)32(20-44)52-30)16-28(26)39(27(25)15-22)11-13-42(14-12-39)38(50)24-17-40-41(2)18-24/h3-4,7-8,15-18,21,29-37,43-49H,11-14,19-20H2,1-2H3/t21-,29-,30-,31-,32-,33+,34-,35-,36-,37-/m1/s1. The van der Waals surface area contributed by atoms with E-state index in [1.54, 1.807) is 31.0 Å². The first-order chi connectivity index (χ1) is 24.9. The van der Waals surface area contributed by atoms with Gasteiger partial charge in [-0.2, -0.15) is 5.10 Å². The lowest BCUT2D eigenvalue weighted by Gasteiger charge is -2.41. The molecule has 1 spiro atoms. The van der Waals surface area contributed by atoms with Crippen molar-refractivity contribution in [1.29, 1.82) is 0 Å². The van der Waals surface area contributed by atoms with Crippen molar-refractivity contribution < 1.29 is 50.0 Å². The number of nitrogens with zero attached hydrogens (tertiary/aromatic N) is 3. The molecular weight excluding hydrogens is 670 g/mol. The maximum Gasteiger partial charge on any atom is 0.257 e. The van der Waals surface area contributed by atoms with Crippen LogP contribution in [0.4, 0.5) is 0 Å². The van der Waals surface area contributed by atoms with E-state index < -0.39 is 72.9 Å². The Hall–Kier alpha value is -4.12. The average molecular weight is 714 g/mol. The van der Waals surface area contributed by atoms with Gasteiger partial charge in [0.25, 0.3) is 5.91 Å². The Labute approximate surface area is 301 Å². The summed E-state index contributed by atoms with van der Waals surface area (Å²) in [5.41, 5.74) is 5.39. The lowest BCUT2D eigenvalue weighted by atomic mass is 9.70. The summed E-state index contributed by atoms with van der Waals surface area (Å²) in [6, 6.07) is 11.8. The fourth-order valence-corrected chi connectivity index (χ4v) is 7.96. The minimum atomic E-state index is -1.53. The molecule has 1 amide bonds. The molecule has 0 radical (unpaired) electrons. The van der Waals surface area contributed by atoms with Gasteiger partial charge in [0.05, 0.1) is 37.2 Å². The zero-order valence-electron chi connectivity index (χ0n) is 28.8. The van der Waals surface area contributed by atoms with Gasteiger partial charge in [0.15, 0.2) is 0 Å². The Balaban J connectivity index is 1.22. The normalized spacial score (nSPS) is 31.9. The summed E-state index contributed by atoms with van der Waals surface area (Å²) in [5, 5.41) is 75.6. The van der Waals surface area contributed by atoms with Crippen LogP contribution in [-0.4, -0.2) is 138 Å². The van der Waals surface area contributed by atoms with E-state index in [0.717, 1.165) is 22.3 Å². The number of aliphatic hydroxyl groups excluding tert-OH is 7. The Morgan fingerprint density at radius 2 is 1.35 bits per heavy atom. The lowest BCUT2D eigenvalue weighted by molar-refractivity contribution is -0.214. The highest BCUT2D eigenvalue weighted by Gasteiger charge is 2.47. The Morgan fingerprint density at radius 3 is 1.87 bits per heavy atom. The first-order valence-electron chi connectivity index (χ1n) is 17.5. The molecule has 1 aliphatic carbocycles. The molecule has 4 aliphatic rings. The zero-order chi connectivity index (χ0) is 36.9. The van der Waals surface area contributed by atoms with Gasteiger partial charge in [0.2, 0.25) is 0 Å². The van der Waals surface area contributed by atoms with Gasteiger partial charge in [-0.25, -0.2) is 0 Å². The minimum Gasteiger partial charge on any atom is -0.394 e. The van der Waals surface area contributed by atoms with Crippen molar-refractivity contribution in [2.75, 3.05) is 26.3 Å². The Kier molecular flexibility index (Phi) is 10.0. The SMILES string of the molecule is C[C@H]1[C@H](O)[C@H](O)[C@@H](C#Cc2ccc3c(c2)C2(CCN(C(=O)c4cnn(C)c4)CC2)c2cc(C#C[C@H]4O[C@H](CO)[C@@H](O)[C@H](O)[C@@H]4O)ccc2-3)O[C@@H]1CO. The number of hydrogen-bond acceptors (Lipinski definition) is 11. The monoisotopic (exact) mass is 713 g/mol. The van der Waals surface area contributed by atoms with Crippen LogP contribution < -0.4 is 0 Å². The van der Waals surface area contributed by atoms with Gasteiger partial charge in [-0.05, 0) is 59.4 Å². The summed E-state index contributed by atoms with van der Waals surface area (Å²) >= 11 is 0. The molecule has 10 atom stereocenters. The number of likely N-dealkylation sites (tertiary alicyclic amines) is 1. The zero-order valence-corrected chi connectivity index (χ0v) is 28.8. The van der Waals surface area contributed by atoms with Crippen LogP contribution in [-0.2, 0) is 21.9 Å². The second-order valence-electron chi connectivity index (χ2n) is 14.2. The largest absolute Gasteiger partial charge is 0.394 e. The highest BCUT2D eigenvalue weighted by molar-refractivity contribution is 5.94. The van der Waals surface area contributed by atoms with Crippen molar-refractivity contribution in [1.82, 2.24) is 14.7 Å². The predicted octanol–water partition coefficient (Wildman–Crippen LogP) is -0.714. The van der Waals surface area contributed by atoms with Gasteiger partial charge in [-0.15, -0.1) is 0 Å². The van der Waals surface area contributed by atoms with Crippen molar-refractivity contribution in [2.45, 2.75) is 80.1 Å². The Morgan fingerprint density at radius 1 is 0.808 bits per heavy atom. The molecular formula is C39H43N3O10. The molecule has 3 aromatic rings. The summed E-state index contributed by atoms with van der Waals surface area (Å²) in [4.78, 5) is 15.2. The number of aromatic nitrogens is 2. The quantitative estimate of drug-likeness (QED) is 0.169. The third kappa shape index (κ3) is 6.32. The van der Waals surface area contributed by atoms with E-state index in [-0.39, 0.29) is 12.5 Å². The van der Waals surface area contributed by atoms with Crippen LogP contribution in [0, 0.1) is 29.6 Å². The molecule has 13 heteroatoms. The second kappa shape index (κ2) is 14.4. The number of amides is 1. The molecule has 0 unspecified atom stereocenters. The van der Waals surface area contributed by atoms with Gasteiger partial charge in [0.1, 0.15) is 42.7 Å². The van der Waals surface area contributed by atoms with E-state index in [1.807, 2.05) is 41.3 Å². The average Bonchev–Trinajstić information content (AvgIpc) is 3.71. The van der Waals surface area contributed by atoms with Crippen LogP contribution in [0.15, 0.2) is 48.8 Å². The number of hydrogen-bond donors (Lipinski definition) is 7. The fraction of sp³-hybridized carbons (Fsp3) is 0.487. The number of aliphatic hydroxyl groups is 7. The molecule has 3 aliphatic heterocycles. The number of piperidine rings is 1. The topological polar surface area (TPSA) is 198 Å². The third-order valence-electron chi connectivity index (χ3n) is 11.1. The fourth-order valence-electron chi connectivity index (χ4n) is 7.96. The molecule has 2 aromatic carbocycles. The van der Waals surface area contributed by atoms with Crippen LogP contribution in [0.3, 0.4) is 0 Å². The summed E-state index contributed by atoms with van der Waals surface area (Å²) < 4.78 is 13.0. The molecule has 4 heterocycles. The smallest absolute Gasteiger partial charge is 0.257 e. The molecule has 3 saturated heterocycles. The number of benzene rings is 2. The number of rotatable bonds is 3. The summed E-state index contributed by atoms with van der Waals surface area (Å²) in [5.74, 6) is 11.5. The molecule has 52 heavy (non-hydrogen) atoms. The Bertz CT molecular complexity index is 1840. The van der Waals surface area contributed by atoms with Gasteiger partial charge in [-0.3, -0.25) is 9.48 Å². The molecule has 13 nitrogen and oxygen atoms in total. The van der Waals surface area contributed by atoms with Gasteiger partial charge in [-0.1, -0.05) is 42.7 Å². The maximum absolute atomic E-state index is 13.4. The summed E-state index contributed by atoms with van der Waals surface area (Å²) in [6.07, 6.45) is -6.20. The number of aryl methyl sites for hydroxylation is 1. The molecule has 7 rings (SSSR count). The molecule has 274 valence electrons. The minimum absolute atomic E-state index is 0.0936. The predicted molar refractivity (Wildman–Crippen MR) is 185 cm³/mol. The van der Waals surface area contributed by atoms with Crippen molar-refractivity contribution in [2.24, 2.45) is 13.0 Å². The van der Waals surface area contributed by atoms with Crippen molar-refractivity contribution in [3.05, 3.63) is 76.6 Å². The van der Waals surface area contributed by atoms with E-state index in [1.165, 1.54) is 0 Å². The summed E-state index contributed by atoms with van der Waals surface area (Å²) in [7, 11) is 1.77. The third-order valence-corrected chi connectivity index (χ3v) is 11.1. The molecule has 1 aromatic heterocycles. The van der Waals surface area contributed by atoms with Crippen LogP contribution in [0.5, 0.6) is 0 Å². The van der Waals surface area contributed by atoms with Crippen molar-refractivity contribution >= 4 is 5.91 Å². The molecule has 7 N–H and O–H groups in total. The van der Waals surface area contributed by atoms with Crippen LogP contribution >= 0.6 is 0 Å². The van der Waals surface area contributed by atoms with Gasteiger partial charge < -0.3 is 50.1 Å². The van der Waals surface area contributed by atoms with Gasteiger partial charge >= 0.3 is 0 Å². The van der Waals surface area contributed by atoms with Crippen LogP contribution in [0.2, 0.25) is 0 Å². The van der Waals surface area contributed by atoms with Crippen LogP contribution in [0.1, 0.15) is 52.4 Å². The first kappa shape index (κ1) is 36.2. The molecule has 0 saturated carbocycles. The van der Waals surface area contributed by atoms with Gasteiger partial charge in [0, 0.05) is 48.8 Å².